The zero-order valence-corrected chi connectivity index (χ0v) is 13.9. The Morgan fingerprint density at radius 2 is 2.09 bits per heavy atom. The minimum atomic E-state index is -0.439. The van der Waals surface area contributed by atoms with E-state index in [0.717, 1.165) is 25.7 Å². The van der Waals surface area contributed by atoms with Crippen molar-refractivity contribution in [1.82, 2.24) is 4.90 Å². The Morgan fingerprint density at radius 1 is 1.35 bits per heavy atom. The molecule has 0 radical (unpaired) electrons. The number of nitrogens with one attached hydrogen (secondary N) is 1. The fourth-order valence-electron chi connectivity index (χ4n) is 2.96. The van der Waals surface area contributed by atoms with Crippen molar-refractivity contribution in [3.8, 4) is 0 Å². The number of amides is 2. The topological polar surface area (TPSA) is 69.6 Å². The Balaban J connectivity index is 2.07. The average molecular weight is 318 g/mol. The second-order valence-corrected chi connectivity index (χ2v) is 6.13. The van der Waals surface area contributed by atoms with Crippen LogP contribution in [0.1, 0.15) is 49.9 Å². The van der Waals surface area contributed by atoms with Crippen LogP contribution < -0.4 is 5.32 Å². The first kappa shape index (κ1) is 17.5. The third-order valence-electron chi connectivity index (χ3n) is 4.42. The van der Waals surface area contributed by atoms with Crippen LogP contribution >= 0.6 is 0 Å². The van der Waals surface area contributed by atoms with E-state index < -0.39 is 6.10 Å². The van der Waals surface area contributed by atoms with Crippen molar-refractivity contribution in [1.29, 1.82) is 0 Å². The molecule has 1 unspecified atom stereocenters. The number of hydrogen-bond donors (Lipinski definition) is 2. The molecule has 1 aliphatic rings. The summed E-state index contributed by atoms with van der Waals surface area (Å²) in [6.45, 7) is 5.04. The Hall–Kier alpha value is -1.88. The number of carbonyl (C=O) groups is 2. The van der Waals surface area contributed by atoms with E-state index in [4.69, 9.17) is 0 Å². The van der Waals surface area contributed by atoms with Gasteiger partial charge in [0, 0.05) is 30.3 Å². The van der Waals surface area contributed by atoms with Crippen LogP contribution in [0.15, 0.2) is 24.3 Å². The van der Waals surface area contributed by atoms with Gasteiger partial charge in [-0.05, 0) is 43.9 Å². The molecule has 5 nitrogen and oxygen atoms in total. The predicted molar refractivity (Wildman–Crippen MR) is 90.3 cm³/mol. The van der Waals surface area contributed by atoms with Gasteiger partial charge >= 0.3 is 0 Å². The van der Waals surface area contributed by atoms with Gasteiger partial charge in [0.2, 0.25) is 5.91 Å². The summed E-state index contributed by atoms with van der Waals surface area (Å²) in [4.78, 5) is 26.4. The standard InChI is InChI=1S/C18H26N2O3/c1-3-13(4-2)17(22)19-15-8-5-7-14(11-15)18(23)20-10-6-9-16(21)12-20/h5,7-8,11,13,16,21H,3-4,6,9-10,12H2,1-2H3,(H,19,22). The third-order valence-corrected chi connectivity index (χ3v) is 4.42. The molecule has 0 aromatic heterocycles. The zero-order valence-electron chi connectivity index (χ0n) is 13.9. The molecule has 0 saturated carbocycles. The van der Waals surface area contributed by atoms with Gasteiger partial charge in [0.1, 0.15) is 0 Å². The number of hydrogen-bond acceptors (Lipinski definition) is 3. The van der Waals surface area contributed by atoms with E-state index in [0.29, 0.717) is 24.3 Å². The first-order chi connectivity index (χ1) is 11.0. The minimum Gasteiger partial charge on any atom is -0.391 e. The van der Waals surface area contributed by atoms with Gasteiger partial charge in [-0.3, -0.25) is 9.59 Å². The lowest BCUT2D eigenvalue weighted by molar-refractivity contribution is -0.120. The fraction of sp³-hybridized carbons (Fsp3) is 0.556. The van der Waals surface area contributed by atoms with Gasteiger partial charge in [0.05, 0.1) is 6.10 Å². The van der Waals surface area contributed by atoms with Gasteiger partial charge in [-0.15, -0.1) is 0 Å². The van der Waals surface area contributed by atoms with Crippen LogP contribution in [0, 0.1) is 5.92 Å². The van der Waals surface area contributed by atoms with Crippen LogP contribution in [-0.2, 0) is 4.79 Å². The molecular weight excluding hydrogens is 292 g/mol. The number of carbonyl (C=O) groups excluding carboxylic acids is 2. The van der Waals surface area contributed by atoms with Crippen molar-refractivity contribution in [2.45, 2.75) is 45.6 Å². The molecule has 1 heterocycles. The molecule has 1 saturated heterocycles. The quantitative estimate of drug-likeness (QED) is 0.877. The van der Waals surface area contributed by atoms with Crippen LogP contribution in [0.4, 0.5) is 5.69 Å². The molecule has 1 atom stereocenters. The summed E-state index contributed by atoms with van der Waals surface area (Å²) in [6.07, 6.45) is 2.72. The van der Waals surface area contributed by atoms with Crippen molar-refractivity contribution in [3.63, 3.8) is 0 Å². The highest BCUT2D eigenvalue weighted by Crippen LogP contribution is 2.18. The van der Waals surface area contributed by atoms with E-state index in [1.165, 1.54) is 0 Å². The Kier molecular flexibility index (Phi) is 6.16. The van der Waals surface area contributed by atoms with Crippen LogP contribution in [0.3, 0.4) is 0 Å². The SMILES string of the molecule is CCC(CC)C(=O)Nc1cccc(C(=O)N2CCCC(O)C2)c1. The normalized spacial score (nSPS) is 18.1. The van der Waals surface area contributed by atoms with Gasteiger partial charge in [0.15, 0.2) is 0 Å². The largest absolute Gasteiger partial charge is 0.391 e. The Bertz CT molecular complexity index is 555. The van der Waals surface area contributed by atoms with E-state index in [1.54, 1.807) is 29.2 Å². The first-order valence-electron chi connectivity index (χ1n) is 8.43. The van der Waals surface area contributed by atoms with Crippen molar-refractivity contribution >= 4 is 17.5 Å². The van der Waals surface area contributed by atoms with Crippen LogP contribution in [-0.4, -0.2) is 41.0 Å². The molecule has 0 bridgehead atoms. The fourth-order valence-corrected chi connectivity index (χ4v) is 2.96. The number of β-amino-alcohol motifs (C(OH)–C–C–N with tert-alkyl or cyclic N) is 1. The number of likely N-dealkylation sites (tertiary alicyclic amines) is 1. The van der Waals surface area contributed by atoms with E-state index >= 15 is 0 Å². The monoisotopic (exact) mass is 318 g/mol. The molecule has 1 aliphatic heterocycles. The summed E-state index contributed by atoms with van der Waals surface area (Å²) in [5.74, 6) is -0.109. The molecule has 2 amide bonds. The maximum atomic E-state index is 12.5. The van der Waals surface area contributed by atoms with Gasteiger partial charge in [-0.25, -0.2) is 0 Å². The zero-order chi connectivity index (χ0) is 16.8. The van der Waals surface area contributed by atoms with Crippen LogP contribution in [0.5, 0.6) is 0 Å². The molecule has 5 heteroatoms. The number of aliphatic hydroxyl groups is 1. The third kappa shape index (κ3) is 4.55. The van der Waals surface area contributed by atoms with Crippen molar-refractivity contribution in [2.75, 3.05) is 18.4 Å². The van der Waals surface area contributed by atoms with Crippen molar-refractivity contribution < 1.29 is 14.7 Å². The predicted octanol–water partition coefficient (Wildman–Crippen LogP) is 2.66. The summed E-state index contributed by atoms with van der Waals surface area (Å²) >= 11 is 0. The smallest absolute Gasteiger partial charge is 0.254 e. The maximum Gasteiger partial charge on any atom is 0.254 e. The van der Waals surface area contributed by atoms with Gasteiger partial charge in [-0.2, -0.15) is 0 Å². The van der Waals surface area contributed by atoms with Crippen molar-refractivity contribution in [3.05, 3.63) is 29.8 Å². The Labute approximate surface area is 137 Å². The second kappa shape index (κ2) is 8.11. The number of piperidine rings is 1. The van der Waals surface area contributed by atoms with Crippen LogP contribution in [0.25, 0.3) is 0 Å². The number of nitrogens with zero attached hydrogens (tertiary/aromatic N) is 1. The number of anilines is 1. The summed E-state index contributed by atoms with van der Waals surface area (Å²) in [5.41, 5.74) is 1.19. The Morgan fingerprint density at radius 3 is 2.74 bits per heavy atom. The van der Waals surface area contributed by atoms with E-state index in [2.05, 4.69) is 5.32 Å². The second-order valence-electron chi connectivity index (χ2n) is 6.13. The van der Waals surface area contributed by atoms with Crippen LogP contribution in [0.2, 0.25) is 0 Å². The lowest BCUT2D eigenvalue weighted by Gasteiger charge is -2.30. The minimum absolute atomic E-state index is 0.00649. The summed E-state index contributed by atoms with van der Waals surface area (Å²) in [6, 6.07) is 7.03. The molecule has 2 rings (SSSR count). The molecule has 0 spiro atoms. The number of aliphatic hydroxyl groups excluding tert-OH is 1. The van der Waals surface area contributed by atoms with E-state index in [9.17, 15) is 14.7 Å². The molecule has 1 fully saturated rings. The molecule has 126 valence electrons. The number of benzene rings is 1. The highest BCUT2D eigenvalue weighted by atomic mass is 16.3. The average Bonchev–Trinajstić information content (AvgIpc) is 2.55. The highest BCUT2D eigenvalue weighted by molar-refractivity contribution is 5.97. The highest BCUT2D eigenvalue weighted by Gasteiger charge is 2.23. The summed E-state index contributed by atoms with van der Waals surface area (Å²) < 4.78 is 0. The lowest BCUT2D eigenvalue weighted by Crippen LogP contribution is -2.42. The lowest BCUT2D eigenvalue weighted by atomic mass is 10.0. The maximum absolute atomic E-state index is 12.5. The van der Waals surface area contributed by atoms with E-state index in [-0.39, 0.29) is 17.7 Å². The first-order valence-corrected chi connectivity index (χ1v) is 8.43. The van der Waals surface area contributed by atoms with Gasteiger partial charge in [-0.1, -0.05) is 19.9 Å². The molecule has 1 aromatic rings. The molecule has 23 heavy (non-hydrogen) atoms. The van der Waals surface area contributed by atoms with Crippen molar-refractivity contribution in [2.24, 2.45) is 5.92 Å². The van der Waals surface area contributed by atoms with E-state index in [1.807, 2.05) is 13.8 Å². The summed E-state index contributed by atoms with van der Waals surface area (Å²) in [5, 5.41) is 12.6. The number of rotatable bonds is 5. The molecule has 1 aromatic carbocycles. The van der Waals surface area contributed by atoms with Gasteiger partial charge < -0.3 is 15.3 Å². The molecule has 0 aliphatic carbocycles. The molecule has 2 N–H and O–H groups in total. The molecular formula is C18H26N2O3. The van der Waals surface area contributed by atoms with Gasteiger partial charge in [0.25, 0.3) is 5.91 Å². The summed E-state index contributed by atoms with van der Waals surface area (Å²) in [7, 11) is 0.